The molecule has 0 aliphatic heterocycles. The largest absolute Gasteiger partial charge is 0.316 e. The number of nitrogens with zero attached hydrogens (tertiary/aromatic N) is 1. The molecule has 1 N–H and O–H groups in total. The van der Waals surface area contributed by atoms with Crippen LogP contribution >= 0.6 is 0 Å². The van der Waals surface area contributed by atoms with Gasteiger partial charge < -0.3 is 5.32 Å². The lowest BCUT2D eigenvalue weighted by atomic mass is 10.1. The first kappa shape index (κ1) is 11.7. The SMILES string of the molecule is CC(C)CNCCc1ccc(C#N)cc1. The number of nitrogens with one attached hydrogen (secondary N) is 1. The van der Waals surface area contributed by atoms with E-state index in [0.29, 0.717) is 5.92 Å². The van der Waals surface area contributed by atoms with Crippen LogP contribution in [0.5, 0.6) is 0 Å². The molecule has 0 saturated carbocycles. The number of hydrogen-bond donors (Lipinski definition) is 1. The molecule has 0 fully saturated rings. The number of hydrogen-bond acceptors (Lipinski definition) is 2. The van der Waals surface area contributed by atoms with E-state index in [4.69, 9.17) is 5.26 Å². The molecule has 2 nitrogen and oxygen atoms in total. The van der Waals surface area contributed by atoms with Crippen LogP contribution in [0.15, 0.2) is 24.3 Å². The summed E-state index contributed by atoms with van der Waals surface area (Å²) in [5, 5.41) is 12.0. The molecular weight excluding hydrogens is 184 g/mol. The first-order valence-corrected chi connectivity index (χ1v) is 5.42. The van der Waals surface area contributed by atoms with Crippen LogP contribution in [0, 0.1) is 17.2 Å². The zero-order valence-electron chi connectivity index (χ0n) is 9.46. The maximum Gasteiger partial charge on any atom is 0.0991 e. The van der Waals surface area contributed by atoms with Crippen molar-refractivity contribution in [1.82, 2.24) is 5.32 Å². The molecule has 0 radical (unpaired) electrons. The lowest BCUT2D eigenvalue weighted by Gasteiger charge is -2.07. The van der Waals surface area contributed by atoms with Crippen molar-refractivity contribution in [3.05, 3.63) is 35.4 Å². The Morgan fingerprint density at radius 1 is 1.27 bits per heavy atom. The lowest BCUT2D eigenvalue weighted by Crippen LogP contribution is -2.22. The molecule has 0 spiro atoms. The summed E-state index contributed by atoms with van der Waals surface area (Å²) in [6, 6.07) is 9.91. The highest BCUT2D eigenvalue weighted by atomic mass is 14.8. The van der Waals surface area contributed by atoms with Gasteiger partial charge in [-0.25, -0.2) is 0 Å². The van der Waals surface area contributed by atoms with Gasteiger partial charge in [0, 0.05) is 0 Å². The second kappa shape index (κ2) is 6.21. The van der Waals surface area contributed by atoms with E-state index in [0.717, 1.165) is 25.1 Å². The minimum absolute atomic E-state index is 0.700. The highest BCUT2D eigenvalue weighted by molar-refractivity contribution is 5.31. The Bertz CT molecular complexity index is 319. The molecule has 0 aliphatic rings. The molecule has 0 unspecified atom stereocenters. The summed E-state index contributed by atoms with van der Waals surface area (Å²) in [5.41, 5.74) is 2.01. The van der Waals surface area contributed by atoms with Crippen molar-refractivity contribution in [2.24, 2.45) is 5.92 Å². The third kappa shape index (κ3) is 4.62. The molecule has 1 aromatic rings. The van der Waals surface area contributed by atoms with Gasteiger partial charge in [-0.15, -0.1) is 0 Å². The van der Waals surface area contributed by atoms with Gasteiger partial charge in [0.1, 0.15) is 0 Å². The Labute approximate surface area is 91.9 Å². The van der Waals surface area contributed by atoms with Crippen molar-refractivity contribution >= 4 is 0 Å². The molecule has 0 amide bonds. The molecule has 0 atom stereocenters. The Hall–Kier alpha value is -1.33. The second-order valence-electron chi connectivity index (χ2n) is 4.16. The summed E-state index contributed by atoms with van der Waals surface area (Å²) in [6.07, 6.45) is 1.03. The standard InChI is InChI=1S/C13H18N2/c1-11(2)10-15-8-7-12-3-5-13(9-14)6-4-12/h3-6,11,15H,7-8,10H2,1-2H3. The van der Waals surface area contributed by atoms with E-state index in [2.05, 4.69) is 25.2 Å². The topological polar surface area (TPSA) is 35.8 Å². The summed E-state index contributed by atoms with van der Waals surface area (Å²) in [4.78, 5) is 0. The van der Waals surface area contributed by atoms with Crippen molar-refractivity contribution in [2.45, 2.75) is 20.3 Å². The van der Waals surface area contributed by atoms with Gasteiger partial charge in [-0.1, -0.05) is 26.0 Å². The first-order valence-electron chi connectivity index (χ1n) is 5.42. The van der Waals surface area contributed by atoms with Gasteiger partial charge in [0.05, 0.1) is 11.6 Å². The predicted octanol–water partition coefficient (Wildman–Crippen LogP) is 2.35. The van der Waals surface area contributed by atoms with Gasteiger partial charge in [0.25, 0.3) is 0 Å². The maximum atomic E-state index is 8.64. The van der Waals surface area contributed by atoms with Gasteiger partial charge in [-0.3, -0.25) is 0 Å². The second-order valence-corrected chi connectivity index (χ2v) is 4.16. The van der Waals surface area contributed by atoms with E-state index in [1.807, 2.05) is 24.3 Å². The van der Waals surface area contributed by atoms with E-state index >= 15 is 0 Å². The summed E-state index contributed by atoms with van der Waals surface area (Å²) in [7, 11) is 0. The number of nitriles is 1. The fourth-order valence-electron chi connectivity index (χ4n) is 1.37. The summed E-state index contributed by atoms with van der Waals surface area (Å²) < 4.78 is 0. The molecule has 2 heteroatoms. The molecule has 0 heterocycles. The summed E-state index contributed by atoms with van der Waals surface area (Å²) in [5.74, 6) is 0.700. The highest BCUT2D eigenvalue weighted by Gasteiger charge is 1.95. The van der Waals surface area contributed by atoms with Crippen molar-refractivity contribution in [2.75, 3.05) is 13.1 Å². The van der Waals surface area contributed by atoms with Gasteiger partial charge in [0.15, 0.2) is 0 Å². The van der Waals surface area contributed by atoms with E-state index in [-0.39, 0.29) is 0 Å². The van der Waals surface area contributed by atoms with E-state index in [9.17, 15) is 0 Å². The molecule has 1 rings (SSSR count). The van der Waals surface area contributed by atoms with Crippen molar-refractivity contribution in [3.8, 4) is 6.07 Å². The molecule has 0 aliphatic carbocycles. The lowest BCUT2D eigenvalue weighted by molar-refractivity contribution is 0.554. The average molecular weight is 202 g/mol. The van der Waals surface area contributed by atoms with Crippen LogP contribution in [0.3, 0.4) is 0 Å². The quantitative estimate of drug-likeness (QED) is 0.744. The van der Waals surface area contributed by atoms with Crippen LogP contribution in [0.2, 0.25) is 0 Å². The van der Waals surface area contributed by atoms with Crippen LogP contribution in [-0.4, -0.2) is 13.1 Å². The first-order chi connectivity index (χ1) is 7.22. The fourth-order valence-corrected chi connectivity index (χ4v) is 1.37. The van der Waals surface area contributed by atoms with Gasteiger partial charge >= 0.3 is 0 Å². The molecule has 15 heavy (non-hydrogen) atoms. The number of rotatable bonds is 5. The third-order valence-corrected chi connectivity index (χ3v) is 2.23. The average Bonchev–Trinajstić information content (AvgIpc) is 2.25. The van der Waals surface area contributed by atoms with E-state index in [1.54, 1.807) is 0 Å². The Morgan fingerprint density at radius 2 is 1.93 bits per heavy atom. The van der Waals surface area contributed by atoms with E-state index in [1.165, 1.54) is 5.56 Å². The minimum atomic E-state index is 0.700. The summed E-state index contributed by atoms with van der Waals surface area (Å²) >= 11 is 0. The van der Waals surface area contributed by atoms with Gasteiger partial charge in [-0.2, -0.15) is 5.26 Å². The van der Waals surface area contributed by atoms with Crippen LogP contribution in [-0.2, 0) is 6.42 Å². The van der Waals surface area contributed by atoms with Crippen LogP contribution < -0.4 is 5.32 Å². The molecule has 80 valence electrons. The Balaban J connectivity index is 2.29. The fraction of sp³-hybridized carbons (Fsp3) is 0.462. The minimum Gasteiger partial charge on any atom is -0.316 e. The Morgan fingerprint density at radius 3 is 2.47 bits per heavy atom. The van der Waals surface area contributed by atoms with Crippen molar-refractivity contribution in [1.29, 1.82) is 5.26 Å². The summed E-state index contributed by atoms with van der Waals surface area (Å²) in [6.45, 7) is 6.48. The third-order valence-electron chi connectivity index (χ3n) is 2.23. The monoisotopic (exact) mass is 202 g/mol. The highest BCUT2D eigenvalue weighted by Crippen LogP contribution is 2.03. The Kier molecular flexibility index (Phi) is 4.86. The molecular formula is C13H18N2. The predicted molar refractivity (Wildman–Crippen MR) is 62.6 cm³/mol. The van der Waals surface area contributed by atoms with Crippen LogP contribution in [0.1, 0.15) is 25.0 Å². The smallest absolute Gasteiger partial charge is 0.0991 e. The number of benzene rings is 1. The van der Waals surface area contributed by atoms with Gasteiger partial charge in [-0.05, 0) is 43.1 Å². The van der Waals surface area contributed by atoms with Crippen LogP contribution in [0.25, 0.3) is 0 Å². The molecule has 0 aromatic heterocycles. The molecule has 0 bridgehead atoms. The molecule has 0 saturated heterocycles. The normalized spacial score (nSPS) is 10.3. The van der Waals surface area contributed by atoms with Crippen molar-refractivity contribution in [3.63, 3.8) is 0 Å². The van der Waals surface area contributed by atoms with Crippen LogP contribution in [0.4, 0.5) is 0 Å². The zero-order chi connectivity index (χ0) is 11.1. The van der Waals surface area contributed by atoms with Crippen molar-refractivity contribution < 1.29 is 0 Å². The maximum absolute atomic E-state index is 8.64. The zero-order valence-corrected chi connectivity index (χ0v) is 9.46. The van der Waals surface area contributed by atoms with E-state index < -0.39 is 0 Å². The van der Waals surface area contributed by atoms with Gasteiger partial charge in [0.2, 0.25) is 0 Å². The molecule has 1 aromatic carbocycles.